The fourth-order valence-corrected chi connectivity index (χ4v) is 2.80. The minimum absolute atomic E-state index is 0.0315. The number of hydrogen-bond donors (Lipinski definition) is 1. The largest absolute Gasteiger partial charge is 0.465 e. The lowest BCUT2D eigenvalue weighted by atomic mass is 9.99. The Balaban J connectivity index is 2.22. The van der Waals surface area contributed by atoms with E-state index in [9.17, 15) is 0 Å². The van der Waals surface area contributed by atoms with Crippen LogP contribution in [0.5, 0.6) is 0 Å². The smallest absolute Gasteiger partial charge is 0.118 e. The standard InChI is InChI=1S/C16H21ClN2O/c1-11-8-9-13(20-11)10-19(3)16(12(2)18)14-6-4-5-7-15(14)17/h4-9,12,16H,10,18H2,1-3H3. The van der Waals surface area contributed by atoms with Crippen LogP contribution in [-0.2, 0) is 6.54 Å². The molecule has 0 spiro atoms. The fraction of sp³-hybridized carbons (Fsp3) is 0.375. The van der Waals surface area contributed by atoms with Crippen LogP contribution >= 0.6 is 11.6 Å². The van der Waals surface area contributed by atoms with Crippen molar-refractivity contribution in [2.45, 2.75) is 32.5 Å². The molecule has 2 N–H and O–H groups in total. The van der Waals surface area contributed by atoms with E-state index in [1.165, 1.54) is 0 Å². The van der Waals surface area contributed by atoms with E-state index in [1.54, 1.807) is 0 Å². The number of likely N-dealkylation sites (N-methyl/N-ethyl adjacent to an activating group) is 1. The summed E-state index contributed by atoms with van der Waals surface area (Å²) in [6.45, 7) is 4.64. The van der Waals surface area contributed by atoms with Crippen LogP contribution in [0.3, 0.4) is 0 Å². The minimum atomic E-state index is -0.0315. The maximum absolute atomic E-state index is 6.31. The quantitative estimate of drug-likeness (QED) is 0.912. The van der Waals surface area contributed by atoms with Crippen molar-refractivity contribution >= 4 is 11.6 Å². The molecule has 0 aliphatic carbocycles. The molecule has 0 fully saturated rings. The second-order valence-electron chi connectivity index (χ2n) is 5.25. The Morgan fingerprint density at radius 2 is 1.95 bits per heavy atom. The van der Waals surface area contributed by atoms with Gasteiger partial charge < -0.3 is 10.2 Å². The molecule has 108 valence electrons. The summed E-state index contributed by atoms with van der Waals surface area (Å²) in [4.78, 5) is 2.17. The van der Waals surface area contributed by atoms with Gasteiger partial charge in [-0.15, -0.1) is 0 Å². The average Bonchev–Trinajstić information content (AvgIpc) is 2.77. The van der Waals surface area contributed by atoms with E-state index >= 15 is 0 Å². The summed E-state index contributed by atoms with van der Waals surface area (Å²) in [6.07, 6.45) is 0. The van der Waals surface area contributed by atoms with Gasteiger partial charge in [-0.25, -0.2) is 0 Å². The first-order chi connectivity index (χ1) is 9.49. The molecule has 20 heavy (non-hydrogen) atoms. The van der Waals surface area contributed by atoms with E-state index in [2.05, 4.69) is 4.90 Å². The summed E-state index contributed by atoms with van der Waals surface area (Å²) in [5.41, 5.74) is 7.22. The van der Waals surface area contributed by atoms with Gasteiger partial charge in [-0.1, -0.05) is 29.8 Å². The fourth-order valence-electron chi connectivity index (χ4n) is 2.55. The van der Waals surface area contributed by atoms with Gasteiger partial charge in [0, 0.05) is 11.1 Å². The predicted octanol–water partition coefficient (Wildman–Crippen LogP) is 3.76. The van der Waals surface area contributed by atoms with Crippen LogP contribution in [0.1, 0.15) is 30.0 Å². The van der Waals surface area contributed by atoms with Gasteiger partial charge in [-0.2, -0.15) is 0 Å². The third-order valence-electron chi connectivity index (χ3n) is 3.40. The molecule has 1 aromatic carbocycles. The predicted molar refractivity (Wildman–Crippen MR) is 82.8 cm³/mol. The van der Waals surface area contributed by atoms with Crippen molar-refractivity contribution in [2.75, 3.05) is 7.05 Å². The Kier molecular flexibility index (Phi) is 4.86. The van der Waals surface area contributed by atoms with Crippen molar-refractivity contribution in [1.82, 2.24) is 4.90 Å². The number of hydrogen-bond acceptors (Lipinski definition) is 3. The Hall–Kier alpha value is -1.29. The molecule has 0 saturated heterocycles. The van der Waals surface area contributed by atoms with Gasteiger partial charge in [0.2, 0.25) is 0 Å². The molecule has 3 nitrogen and oxygen atoms in total. The van der Waals surface area contributed by atoms with Crippen LogP contribution < -0.4 is 5.73 Å². The van der Waals surface area contributed by atoms with Crippen molar-refractivity contribution < 1.29 is 4.42 Å². The van der Waals surface area contributed by atoms with Crippen molar-refractivity contribution in [1.29, 1.82) is 0 Å². The molecule has 0 aliphatic rings. The topological polar surface area (TPSA) is 42.4 Å². The number of nitrogens with two attached hydrogens (primary N) is 1. The van der Waals surface area contributed by atoms with E-state index in [0.29, 0.717) is 6.54 Å². The Bertz CT molecular complexity index is 565. The van der Waals surface area contributed by atoms with Crippen LogP contribution in [0.4, 0.5) is 0 Å². The van der Waals surface area contributed by atoms with Gasteiger partial charge >= 0.3 is 0 Å². The van der Waals surface area contributed by atoms with Crippen molar-refractivity contribution in [3.8, 4) is 0 Å². The van der Waals surface area contributed by atoms with E-state index in [0.717, 1.165) is 22.1 Å². The number of aryl methyl sites for hydroxylation is 1. The van der Waals surface area contributed by atoms with Crippen LogP contribution in [0, 0.1) is 6.92 Å². The lowest BCUT2D eigenvalue weighted by molar-refractivity contribution is 0.195. The van der Waals surface area contributed by atoms with Crippen LogP contribution in [0.2, 0.25) is 5.02 Å². The summed E-state index contributed by atoms with van der Waals surface area (Å²) >= 11 is 6.31. The van der Waals surface area contributed by atoms with Gasteiger partial charge in [-0.3, -0.25) is 4.90 Å². The molecule has 2 atom stereocenters. The Morgan fingerprint density at radius 1 is 1.25 bits per heavy atom. The molecule has 0 bridgehead atoms. The maximum Gasteiger partial charge on any atom is 0.118 e. The Morgan fingerprint density at radius 3 is 2.50 bits per heavy atom. The lowest BCUT2D eigenvalue weighted by Gasteiger charge is -2.31. The SMILES string of the molecule is Cc1ccc(CN(C)C(c2ccccc2Cl)C(C)N)o1. The molecule has 1 heterocycles. The molecule has 4 heteroatoms. The first-order valence-corrected chi connectivity index (χ1v) is 7.12. The molecule has 2 aromatic rings. The van der Waals surface area contributed by atoms with Crippen molar-refractivity contribution in [3.63, 3.8) is 0 Å². The minimum Gasteiger partial charge on any atom is -0.465 e. The molecule has 2 unspecified atom stereocenters. The van der Waals surface area contributed by atoms with Crippen LogP contribution in [-0.4, -0.2) is 18.0 Å². The summed E-state index contributed by atoms with van der Waals surface area (Å²) < 4.78 is 5.63. The molecule has 0 amide bonds. The van der Waals surface area contributed by atoms with E-state index in [-0.39, 0.29) is 12.1 Å². The molecule has 0 saturated carbocycles. The monoisotopic (exact) mass is 292 g/mol. The zero-order valence-corrected chi connectivity index (χ0v) is 12.9. The van der Waals surface area contributed by atoms with E-state index in [4.69, 9.17) is 21.8 Å². The highest BCUT2D eigenvalue weighted by atomic mass is 35.5. The van der Waals surface area contributed by atoms with Crippen molar-refractivity contribution in [2.24, 2.45) is 5.73 Å². The van der Waals surface area contributed by atoms with Gasteiger partial charge in [0.1, 0.15) is 11.5 Å². The highest BCUT2D eigenvalue weighted by Gasteiger charge is 2.23. The molecular weight excluding hydrogens is 272 g/mol. The number of furan rings is 1. The molecule has 0 aliphatic heterocycles. The van der Waals surface area contributed by atoms with Gasteiger partial charge in [0.25, 0.3) is 0 Å². The van der Waals surface area contributed by atoms with Gasteiger partial charge in [-0.05, 0) is 44.7 Å². The Labute approximate surface area is 125 Å². The van der Waals surface area contributed by atoms with Crippen LogP contribution in [0.25, 0.3) is 0 Å². The summed E-state index contributed by atoms with van der Waals surface area (Å²) in [6, 6.07) is 11.8. The first kappa shape index (κ1) is 15.1. The van der Waals surface area contributed by atoms with Gasteiger partial charge in [0.15, 0.2) is 0 Å². The number of halogens is 1. The average molecular weight is 293 g/mol. The van der Waals surface area contributed by atoms with Crippen LogP contribution in [0.15, 0.2) is 40.8 Å². The number of benzene rings is 1. The lowest BCUT2D eigenvalue weighted by Crippen LogP contribution is -2.37. The maximum atomic E-state index is 6.31. The summed E-state index contributed by atoms with van der Waals surface area (Å²) in [7, 11) is 2.04. The highest BCUT2D eigenvalue weighted by Crippen LogP contribution is 2.29. The molecule has 0 radical (unpaired) electrons. The third-order valence-corrected chi connectivity index (χ3v) is 3.74. The summed E-state index contributed by atoms with van der Waals surface area (Å²) in [5.74, 6) is 1.85. The molecule has 1 aromatic heterocycles. The molecule has 2 rings (SSSR count). The zero-order chi connectivity index (χ0) is 14.7. The highest BCUT2D eigenvalue weighted by molar-refractivity contribution is 6.31. The zero-order valence-electron chi connectivity index (χ0n) is 12.1. The van der Waals surface area contributed by atoms with E-state index < -0.39 is 0 Å². The normalized spacial score (nSPS) is 14.5. The second-order valence-corrected chi connectivity index (χ2v) is 5.66. The van der Waals surface area contributed by atoms with E-state index in [1.807, 2.05) is 57.3 Å². The third kappa shape index (κ3) is 3.42. The second kappa shape index (κ2) is 6.44. The number of nitrogens with zero attached hydrogens (tertiary/aromatic N) is 1. The van der Waals surface area contributed by atoms with Crippen molar-refractivity contribution in [3.05, 3.63) is 58.5 Å². The number of rotatable bonds is 5. The van der Waals surface area contributed by atoms with Gasteiger partial charge in [0.05, 0.1) is 12.6 Å². The molecular formula is C16H21ClN2O. The summed E-state index contributed by atoms with van der Waals surface area (Å²) in [5, 5.41) is 0.747. The first-order valence-electron chi connectivity index (χ1n) is 6.74.